The number of aromatic nitrogens is 1. The molecule has 2 heterocycles. The molecule has 0 N–H and O–H groups in total. The van der Waals surface area contributed by atoms with Gasteiger partial charge in [0.15, 0.2) is 5.58 Å². The molecular weight excluding hydrogens is 313 g/mol. The molecule has 1 saturated heterocycles. The van der Waals surface area contributed by atoms with Crippen molar-refractivity contribution >= 4 is 34.5 Å². The topological polar surface area (TPSA) is 35.3 Å². The molecule has 1 aliphatic heterocycles. The molecule has 0 bridgehead atoms. The number of benzene rings is 1. The second kappa shape index (κ2) is 5.45. The first-order chi connectivity index (χ1) is 9.86. The molecule has 2 atom stereocenters. The molecule has 0 aliphatic carbocycles. The largest absolute Gasteiger partial charge is 0.439 e. The molecule has 1 aromatic carbocycles. The highest BCUT2D eigenvalue weighted by Gasteiger charge is 2.31. The van der Waals surface area contributed by atoms with Gasteiger partial charge in [-0.25, -0.2) is 9.37 Å². The summed E-state index contributed by atoms with van der Waals surface area (Å²) < 4.78 is 24.8. The highest BCUT2D eigenvalue weighted by molar-refractivity contribution is 8.00. The number of oxazole rings is 1. The minimum Gasteiger partial charge on any atom is -0.439 e. The third-order valence-corrected chi connectivity index (χ3v) is 5.14. The van der Waals surface area contributed by atoms with E-state index < -0.39 is 6.17 Å². The van der Waals surface area contributed by atoms with Gasteiger partial charge in [-0.15, -0.1) is 11.8 Å². The fourth-order valence-corrected chi connectivity index (χ4v) is 3.55. The number of rotatable bonds is 2. The highest BCUT2D eigenvalue weighted by atomic mass is 35.5. The second-order valence-corrected chi connectivity index (χ2v) is 7.86. The van der Waals surface area contributed by atoms with Crippen LogP contribution in [0.2, 0.25) is 5.02 Å². The standard InChI is InChI=1S/C15H17ClFNO2S/c1-15(2,3)14-18-10-5-4-8(16)13(12(10)20-14)21-11-7-19-6-9(11)17/h4-5,9,11H,6-7H2,1-3H3/t9-,11+/m0/s1. The maximum absolute atomic E-state index is 13.8. The summed E-state index contributed by atoms with van der Waals surface area (Å²) in [6, 6.07) is 3.61. The number of thioether (sulfide) groups is 1. The van der Waals surface area contributed by atoms with Crippen molar-refractivity contribution in [2.75, 3.05) is 13.2 Å². The minimum atomic E-state index is -0.980. The van der Waals surface area contributed by atoms with E-state index in [1.165, 1.54) is 11.8 Å². The van der Waals surface area contributed by atoms with Crippen LogP contribution in [0.5, 0.6) is 0 Å². The monoisotopic (exact) mass is 329 g/mol. The van der Waals surface area contributed by atoms with Gasteiger partial charge in [-0.05, 0) is 12.1 Å². The molecule has 6 heteroatoms. The van der Waals surface area contributed by atoms with Gasteiger partial charge in [0, 0.05) is 5.41 Å². The van der Waals surface area contributed by atoms with E-state index >= 15 is 0 Å². The Morgan fingerprint density at radius 3 is 2.71 bits per heavy atom. The molecule has 0 amide bonds. The summed E-state index contributed by atoms with van der Waals surface area (Å²) in [7, 11) is 0. The molecule has 2 aromatic rings. The SMILES string of the molecule is CC(C)(C)c1nc2ccc(Cl)c(S[C@@H]3COC[C@@H]3F)c2o1. The molecule has 0 saturated carbocycles. The van der Waals surface area contributed by atoms with Crippen LogP contribution in [0, 0.1) is 0 Å². The molecular formula is C15H17ClFNO2S. The molecule has 1 fully saturated rings. The molecule has 3 nitrogen and oxygen atoms in total. The first-order valence-corrected chi connectivity index (χ1v) is 8.10. The van der Waals surface area contributed by atoms with Gasteiger partial charge in [-0.1, -0.05) is 32.4 Å². The highest BCUT2D eigenvalue weighted by Crippen LogP contribution is 2.41. The normalized spacial score (nSPS) is 23.1. The van der Waals surface area contributed by atoms with Crippen LogP contribution in [-0.2, 0) is 10.2 Å². The maximum Gasteiger partial charge on any atom is 0.200 e. The number of hydrogen-bond donors (Lipinski definition) is 0. The molecule has 3 rings (SSSR count). The van der Waals surface area contributed by atoms with Gasteiger partial charge < -0.3 is 9.15 Å². The van der Waals surface area contributed by atoms with Gasteiger partial charge in [0.1, 0.15) is 11.7 Å². The summed E-state index contributed by atoms with van der Waals surface area (Å²) >= 11 is 7.65. The number of ether oxygens (including phenoxy) is 1. The zero-order chi connectivity index (χ0) is 15.2. The van der Waals surface area contributed by atoms with Crippen LogP contribution in [0.1, 0.15) is 26.7 Å². The second-order valence-electron chi connectivity index (χ2n) is 6.20. The lowest BCUT2D eigenvalue weighted by Crippen LogP contribution is -2.15. The first kappa shape index (κ1) is 15.1. The van der Waals surface area contributed by atoms with Crippen LogP contribution >= 0.6 is 23.4 Å². The third kappa shape index (κ3) is 2.91. The van der Waals surface area contributed by atoms with Crippen LogP contribution in [0.25, 0.3) is 11.1 Å². The van der Waals surface area contributed by atoms with E-state index in [0.717, 1.165) is 10.4 Å². The summed E-state index contributed by atoms with van der Waals surface area (Å²) in [6.07, 6.45) is -0.980. The molecule has 114 valence electrons. The van der Waals surface area contributed by atoms with Gasteiger partial charge in [-0.2, -0.15) is 0 Å². The molecule has 0 radical (unpaired) electrons. The Hall–Kier alpha value is -0.780. The molecule has 0 spiro atoms. The van der Waals surface area contributed by atoms with Gasteiger partial charge in [0.05, 0.1) is 28.4 Å². The fourth-order valence-electron chi connectivity index (χ4n) is 2.14. The van der Waals surface area contributed by atoms with Crippen molar-refractivity contribution in [1.29, 1.82) is 0 Å². The quantitative estimate of drug-likeness (QED) is 0.806. The Morgan fingerprint density at radius 1 is 1.33 bits per heavy atom. The predicted molar refractivity (Wildman–Crippen MR) is 83.1 cm³/mol. The Balaban J connectivity index is 2.03. The van der Waals surface area contributed by atoms with Crippen molar-refractivity contribution in [2.45, 2.75) is 42.5 Å². The van der Waals surface area contributed by atoms with Crippen LogP contribution < -0.4 is 0 Å². The van der Waals surface area contributed by atoms with Crippen LogP contribution in [0.15, 0.2) is 21.4 Å². The lowest BCUT2D eigenvalue weighted by Gasteiger charge is -2.13. The average molecular weight is 330 g/mol. The lowest BCUT2D eigenvalue weighted by molar-refractivity contribution is 0.173. The van der Waals surface area contributed by atoms with Crippen LogP contribution in [-0.4, -0.2) is 29.6 Å². The Morgan fingerprint density at radius 2 is 2.10 bits per heavy atom. The molecule has 0 unspecified atom stereocenters. The van der Waals surface area contributed by atoms with Crippen LogP contribution in [0.3, 0.4) is 0 Å². The van der Waals surface area contributed by atoms with Crippen molar-refractivity contribution < 1.29 is 13.5 Å². The van der Waals surface area contributed by atoms with Crippen molar-refractivity contribution in [3.8, 4) is 0 Å². The van der Waals surface area contributed by atoms with Crippen molar-refractivity contribution in [2.24, 2.45) is 0 Å². The van der Waals surface area contributed by atoms with Crippen molar-refractivity contribution in [3.63, 3.8) is 0 Å². The third-order valence-electron chi connectivity index (χ3n) is 3.34. The van der Waals surface area contributed by atoms with E-state index in [-0.39, 0.29) is 17.3 Å². The number of alkyl halides is 1. The maximum atomic E-state index is 13.8. The van der Waals surface area contributed by atoms with E-state index in [2.05, 4.69) is 4.98 Å². The lowest BCUT2D eigenvalue weighted by atomic mass is 9.97. The predicted octanol–water partition coefficient (Wildman–Crippen LogP) is 4.61. The minimum absolute atomic E-state index is 0.148. The zero-order valence-corrected chi connectivity index (χ0v) is 13.7. The number of hydrogen-bond acceptors (Lipinski definition) is 4. The number of nitrogens with zero attached hydrogens (tertiary/aromatic N) is 1. The van der Waals surface area contributed by atoms with Gasteiger partial charge in [0.2, 0.25) is 5.89 Å². The molecule has 1 aromatic heterocycles. The number of fused-ring (bicyclic) bond motifs is 1. The van der Waals surface area contributed by atoms with Crippen molar-refractivity contribution in [3.05, 3.63) is 23.0 Å². The fraction of sp³-hybridized carbons (Fsp3) is 0.533. The summed E-state index contributed by atoms with van der Waals surface area (Å²) in [5, 5.41) is 0.305. The van der Waals surface area contributed by atoms with E-state index in [0.29, 0.717) is 23.1 Å². The van der Waals surface area contributed by atoms with E-state index in [4.69, 9.17) is 20.8 Å². The van der Waals surface area contributed by atoms with Gasteiger partial charge in [-0.3, -0.25) is 0 Å². The Bertz CT molecular complexity index is 667. The summed E-state index contributed by atoms with van der Waals surface area (Å²) in [5.41, 5.74) is 1.20. The van der Waals surface area contributed by atoms with Gasteiger partial charge >= 0.3 is 0 Å². The smallest absolute Gasteiger partial charge is 0.200 e. The Labute approximate surface area is 132 Å². The summed E-state index contributed by atoms with van der Waals surface area (Å²) in [6.45, 7) is 6.64. The van der Waals surface area contributed by atoms with Crippen molar-refractivity contribution in [1.82, 2.24) is 4.98 Å². The number of halogens is 2. The summed E-state index contributed by atoms with van der Waals surface area (Å²) in [4.78, 5) is 5.26. The zero-order valence-electron chi connectivity index (χ0n) is 12.2. The first-order valence-electron chi connectivity index (χ1n) is 6.84. The van der Waals surface area contributed by atoms with E-state index in [9.17, 15) is 4.39 Å². The van der Waals surface area contributed by atoms with E-state index in [1.54, 1.807) is 6.07 Å². The summed E-state index contributed by atoms with van der Waals surface area (Å²) in [5.74, 6) is 0.654. The average Bonchev–Trinajstić information content (AvgIpc) is 2.99. The molecule has 21 heavy (non-hydrogen) atoms. The Kier molecular flexibility index (Phi) is 3.93. The van der Waals surface area contributed by atoms with E-state index in [1.807, 2.05) is 26.8 Å². The van der Waals surface area contributed by atoms with Crippen LogP contribution in [0.4, 0.5) is 4.39 Å². The molecule has 1 aliphatic rings. The van der Waals surface area contributed by atoms with Gasteiger partial charge in [0.25, 0.3) is 0 Å².